The number of benzene rings is 2. The smallest absolute Gasteiger partial charge is 0.293 e. The zero-order valence-corrected chi connectivity index (χ0v) is 18.1. The van der Waals surface area contributed by atoms with Crippen LogP contribution in [0.3, 0.4) is 0 Å². The Morgan fingerprint density at radius 3 is 2.79 bits per heavy atom. The van der Waals surface area contributed by atoms with E-state index in [2.05, 4.69) is 26.2 Å². The lowest BCUT2D eigenvalue weighted by molar-refractivity contribution is 0.0995. The van der Waals surface area contributed by atoms with Gasteiger partial charge in [0.1, 0.15) is 17.3 Å². The van der Waals surface area contributed by atoms with E-state index in [9.17, 15) is 4.79 Å². The second kappa shape index (κ2) is 8.26. The van der Waals surface area contributed by atoms with Crippen LogP contribution >= 0.6 is 27.3 Å². The van der Waals surface area contributed by atoms with Gasteiger partial charge in [0.05, 0.1) is 24.4 Å². The maximum absolute atomic E-state index is 12.6. The molecule has 1 amide bonds. The second-order valence-corrected chi connectivity index (χ2v) is 8.15. The number of carbonyl (C=O) groups is 1. The standard InChI is InChI=1S/C21H17BrN2O4S/c1-26-14-4-7-17(27-2)12(9-14)10-15-5-8-18(28-15)20(25)24-21-23-16-6-3-13(22)11-19(16)29-21/h3-9,11H,10H2,1-2H3,(H,23,24,25). The molecule has 1 N–H and O–H groups in total. The van der Waals surface area contributed by atoms with Gasteiger partial charge in [0.15, 0.2) is 10.9 Å². The molecule has 2 heterocycles. The molecule has 0 bridgehead atoms. The Bertz CT molecular complexity index is 1180. The minimum absolute atomic E-state index is 0.224. The van der Waals surface area contributed by atoms with E-state index in [1.165, 1.54) is 11.3 Å². The van der Waals surface area contributed by atoms with Gasteiger partial charge in [-0.2, -0.15) is 0 Å². The molecule has 0 aliphatic heterocycles. The van der Waals surface area contributed by atoms with Gasteiger partial charge in [-0.3, -0.25) is 10.1 Å². The molecule has 2 aromatic carbocycles. The normalized spacial score (nSPS) is 10.9. The maximum Gasteiger partial charge on any atom is 0.293 e. The first-order valence-electron chi connectivity index (χ1n) is 8.73. The summed E-state index contributed by atoms with van der Waals surface area (Å²) in [6.45, 7) is 0. The number of hydrogen-bond donors (Lipinski definition) is 1. The SMILES string of the molecule is COc1ccc(OC)c(Cc2ccc(C(=O)Nc3nc4ccc(Br)cc4s3)o2)c1. The third-order valence-corrected chi connectivity index (χ3v) is 5.74. The van der Waals surface area contributed by atoms with Crippen LogP contribution in [-0.4, -0.2) is 25.1 Å². The minimum atomic E-state index is -0.341. The number of halogens is 1. The van der Waals surface area contributed by atoms with Gasteiger partial charge in [-0.25, -0.2) is 4.98 Å². The van der Waals surface area contributed by atoms with Gasteiger partial charge in [-0.1, -0.05) is 27.3 Å². The average Bonchev–Trinajstić information content (AvgIpc) is 3.34. The number of rotatable bonds is 6. The number of anilines is 1. The molecule has 0 spiro atoms. The molecule has 8 heteroatoms. The highest BCUT2D eigenvalue weighted by Gasteiger charge is 2.15. The first-order chi connectivity index (χ1) is 14.1. The number of aromatic nitrogens is 1. The number of methoxy groups -OCH3 is 2. The molecule has 4 rings (SSSR count). The van der Waals surface area contributed by atoms with Crippen LogP contribution in [0.5, 0.6) is 11.5 Å². The fraction of sp³-hybridized carbons (Fsp3) is 0.143. The third kappa shape index (κ3) is 4.28. The van der Waals surface area contributed by atoms with Crippen molar-refractivity contribution in [1.29, 1.82) is 0 Å². The summed E-state index contributed by atoms with van der Waals surface area (Å²) in [7, 11) is 3.23. The van der Waals surface area contributed by atoms with E-state index in [1.54, 1.807) is 26.4 Å². The quantitative estimate of drug-likeness (QED) is 0.400. The summed E-state index contributed by atoms with van der Waals surface area (Å²) < 4.78 is 18.4. The molecular formula is C21H17BrN2O4S. The first-order valence-corrected chi connectivity index (χ1v) is 10.3. The Morgan fingerprint density at radius 2 is 2.00 bits per heavy atom. The summed E-state index contributed by atoms with van der Waals surface area (Å²) in [6.07, 6.45) is 0.475. The fourth-order valence-electron chi connectivity index (χ4n) is 2.91. The van der Waals surface area contributed by atoms with Crippen LogP contribution in [0.4, 0.5) is 5.13 Å². The van der Waals surface area contributed by atoms with Gasteiger partial charge in [0, 0.05) is 16.5 Å². The van der Waals surface area contributed by atoms with Gasteiger partial charge in [0.25, 0.3) is 5.91 Å². The van der Waals surface area contributed by atoms with Gasteiger partial charge in [-0.15, -0.1) is 0 Å². The van der Waals surface area contributed by atoms with Crippen molar-refractivity contribution >= 4 is 48.5 Å². The molecule has 0 fully saturated rings. The monoisotopic (exact) mass is 472 g/mol. The highest BCUT2D eigenvalue weighted by atomic mass is 79.9. The molecule has 0 saturated carbocycles. The zero-order chi connectivity index (χ0) is 20.4. The van der Waals surface area contributed by atoms with Gasteiger partial charge in [0.2, 0.25) is 0 Å². The summed E-state index contributed by atoms with van der Waals surface area (Å²) in [4.78, 5) is 17.0. The van der Waals surface area contributed by atoms with Crippen LogP contribution in [-0.2, 0) is 6.42 Å². The van der Waals surface area contributed by atoms with Gasteiger partial charge in [-0.05, 0) is 48.5 Å². The van der Waals surface area contributed by atoms with Crippen LogP contribution in [0.2, 0.25) is 0 Å². The lowest BCUT2D eigenvalue weighted by atomic mass is 10.1. The number of furan rings is 1. The van der Waals surface area contributed by atoms with Crippen LogP contribution in [0.15, 0.2) is 57.4 Å². The van der Waals surface area contributed by atoms with Gasteiger partial charge >= 0.3 is 0 Å². The van der Waals surface area contributed by atoms with Crippen LogP contribution in [0.25, 0.3) is 10.2 Å². The first kappa shape index (κ1) is 19.5. The van der Waals surface area contributed by atoms with Crippen molar-refractivity contribution in [2.45, 2.75) is 6.42 Å². The summed E-state index contributed by atoms with van der Waals surface area (Å²) in [5, 5.41) is 3.32. The van der Waals surface area contributed by atoms with Crippen molar-refractivity contribution in [3.05, 3.63) is 70.1 Å². The molecule has 0 aliphatic carbocycles. The number of fused-ring (bicyclic) bond motifs is 1. The Kier molecular flexibility index (Phi) is 5.55. The third-order valence-electron chi connectivity index (χ3n) is 4.31. The molecule has 0 aliphatic rings. The molecule has 0 atom stereocenters. The Hall–Kier alpha value is -2.84. The number of hydrogen-bond acceptors (Lipinski definition) is 6. The van der Waals surface area contributed by atoms with Crippen molar-refractivity contribution < 1.29 is 18.7 Å². The molecule has 0 saturated heterocycles. The van der Waals surface area contributed by atoms with E-state index < -0.39 is 0 Å². The summed E-state index contributed by atoms with van der Waals surface area (Å²) in [5.74, 6) is 1.99. The van der Waals surface area contributed by atoms with E-state index >= 15 is 0 Å². The highest BCUT2D eigenvalue weighted by molar-refractivity contribution is 9.10. The van der Waals surface area contributed by atoms with E-state index in [0.717, 1.165) is 31.8 Å². The number of carbonyl (C=O) groups excluding carboxylic acids is 1. The van der Waals surface area contributed by atoms with E-state index in [0.29, 0.717) is 17.3 Å². The molecular weight excluding hydrogens is 456 g/mol. The second-order valence-electron chi connectivity index (χ2n) is 6.21. The summed E-state index contributed by atoms with van der Waals surface area (Å²) in [6, 6.07) is 14.8. The predicted octanol–water partition coefficient (Wildman–Crippen LogP) is 5.51. The van der Waals surface area contributed by atoms with Crippen molar-refractivity contribution in [3.63, 3.8) is 0 Å². The number of nitrogens with zero attached hydrogens (tertiary/aromatic N) is 1. The zero-order valence-electron chi connectivity index (χ0n) is 15.7. The average molecular weight is 473 g/mol. The van der Waals surface area contributed by atoms with Crippen LogP contribution < -0.4 is 14.8 Å². The van der Waals surface area contributed by atoms with Crippen LogP contribution in [0.1, 0.15) is 21.9 Å². The number of amides is 1. The summed E-state index contributed by atoms with van der Waals surface area (Å²) in [5.41, 5.74) is 1.74. The topological polar surface area (TPSA) is 73.6 Å². The Balaban J connectivity index is 1.50. The molecule has 4 aromatic rings. The largest absolute Gasteiger partial charge is 0.497 e. The fourth-order valence-corrected chi connectivity index (χ4v) is 4.33. The van der Waals surface area contributed by atoms with Crippen molar-refractivity contribution in [2.24, 2.45) is 0 Å². The predicted molar refractivity (Wildman–Crippen MR) is 116 cm³/mol. The highest BCUT2D eigenvalue weighted by Crippen LogP contribution is 2.29. The molecule has 148 valence electrons. The summed E-state index contributed by atoms with van der Waals surface area (Å²) >= 11 is 4.85. The minimum Gasteiger partial charge on any atom is -0.497 e. The van der Waals surface area contributed by atoms with Crippen molar-refractivity contribution in [1.82, 2.24) is 4.98 Å². The van der Waals surface area contributed by atoms with Crippen molar-refractivity contribution in [2.75, 3.05) is 19.5 Å². The number of thiazole rings is 1. The lowest BCUT2D eigenvalue weighted by Gasteiger charge is -2.09. The number of ether oxygens (including phenoxy) is 2. The molecule has 0 radical (unpaired) electrons. The molecule has 2 aromatic heterocycles. The van der Waals surface area contributed by atoms with E-state index in [4.69, 9.17) is 13.9 Å². The van der Waals surface area contributed by atoms with Crippen LogP contribution in [0, 0.1) is 0 Å². The maximum atomic E-state index is 12.6. The van der Waals surface area contributed by atoms with Gasteiger partial charge < -0.3 is 13.9 Å². The molecule has 6 nitrogen and oxygen atoms in total. The Morgan fingerprint density at radius 1 is 1.14 bits per heavy atom. The van der Waals surface area contributed by atoms with E-state index in [1.807, 2.05) is 36.4 Å². The van der Waals surface area contributed by atoms with Crippen molar-refractivity contribution in [3.8, 4) is 11.5 Å². The number of nitrogens with one attached hydrogen (secondary N) is 1. The van der Waals surface area contributed by atoms with E-state index in [-0.39, 0.29) is 11.7 Å². The lowest BCUT2D eigenvalue weighted by Crippen LogP contribution is -2.10. The molecule has 29 heavy (non-hydrogen) atoms. The molecule has 0 unspecified atom stereocenters. The Labute approximate surface area is 179 Å².